The molecule has 2 aromatic carbocycles. The van der Waals surface area contributed by atoms with Gasteiger partial charge in [0.05, 0.1) is 36.9 Å². The first-order valence-corrected chi connectivity index (χ1v) is 14.8. The molecule has 0 aliphatic rings. The van der Waals surface area contributed by atoms with Crippen molar-refractivity contribution in [3.63, 3.8) is 0 Å². The standard InChI is InChI=1S/C16H19N3O3.C11H14N2O2.C5H8BrNO2/c1-9-6-10(2)12(16(21)22-5)7-11(9)14-17-8-13(18-14)15(20)19(3)4;1-6-4-7(2)9(11(14)15-3)5-8(6)10(12)13;1-7(2)5(9)4(8)3-6/h6-8H,1-5H3,(H,17,18);4-5H,1-3H3,(H3,12,13);3H2,1-2H3. The Hall–Kier alpha value is -4.85. The first-order valence-electron chi connectivity index (χ1n) is 13.7. The lowest BCUT2D eigenvalue weighted by Gasteiger charge is -2.10. The first kappa shape index (κ1) is 39.2. The van der Waals surface area contributed by atoms with Gasteiger partial charge in [-0.3, -0.25) is 19.8 Å². The number of H-pyrrole nitrogens is 1. The fourth-order valence-corrected chi connectivity index (χ4v) is 4.26. The molecule has 3 rings (SSSR count). The molecule has 1 heterocycles. The van der Waals surface area contributed by atoms with Gasteiger partial charge < -0.3 is 30.0 Å². The van der Waals surface area contributed by atoms with Crippen LogP contribution in [0.5, 0.6) is 0 Å². The molecule has 0 unspecified atom stereocenters. The number of methoxy groups -OCH3 is 2. The summed E-state index contributed by atoms with van der Waals surface area (Å²) in [5, 5.41) is 7.47. The number of hydrogen-bond acceptors (Lipinski definition) is 9. The van der Waals surface area contributed by atoms with E-state index in [9.17, 15) is 24.0 Å². The number of nitrogens with two attached hydrogens (primary N) is 1. The Bertz CT molecular complexity index is 1630. The second-order valence-corrected chi connectivity index (χ2v) is 11.0. The molecule has 0 fully saturated rings. The van der Waals surface area contributed by atoms with E-state index in [1.807, 2.05) is 39.8 Å². The van der Waals surface area contributed by atoms with Crippen LogP contribution in [0.4, 0.5) is 0 Å². The highest BCUT2D eigenvalue weighted by Gasteiger charge is 2.18. The van der Waals surface area contributed by atoms with Crippen LogP contribution < -0.4 is 5.73 Å². The summed E-state index contributed by atoms with van der Waals surface area (Å²) >= 11 is 2.89. The minimum atomic E-state index is -0.466. The van der Waals surface area contributed by atoms with Crippen LogP contribution in [-0.4, -0.2) is 103 Å². The van der Waals surface area contributed by atoms with E-state index in [-0.39, 0.29) is 17.1 Å². The van der Waals surface area contributed by atoms with Gasteiger partial charge in [-0.25, -0.2) is 14.6 Å². The number of likely N-dealkylation sites (N-methyl/N-ethyl adjacent to an activating group) is 1. The van der Waals surface area contributed by atoms with Crippen molar-refractivity contribution in [1.29, 1.82) is 5.41 Å². The number of rotatable bonds is 7. The summed E-state index contributed by atoms with van der Waals surface area (Å²) in [5.74, 6) is -1.33. The molecule has 3 aromatic rings. The minimum Gasteiger partial charge on any atom is -0.465 e. The van der Waals surface area contributed by atoms with Crippen LogP contribution in [0.15, 0.2) is 30.5 Å². The van der Waals surface area contributed by atoms with Crippen LogP contribution in [0, 0.1) is 33.1 Å². The molecular formula is C32H41BrN6O7. The predicted molar refractivity (Wildman–Crippen MR) is 179 cm³/mol. The maximum atomic E-state index is 11.9. The highest BCUT2D eigenvalue weighted by Crippen LogP contribution is 2.25. The van der Waals surface area contributed by atoms with E-state index in [1.54, 1.807) is 40.3 Å². The van der Waals surface area contributed by atoms with Crippen molar-refractivity contribution in [1.82, 2.24) is 19.8 Å². The van der Waals surface area contributed by atoms with Gasteiger partial charge in [-0.1, -0.05) is 28.1 Å². The molecule has 4 N–H and O–H groups in total. The van der Waals surface area contributed by atoms with Crippen LogP contribution in [0.25, 0.3) is 11.4 Å². The Morgan fingerprint density at radius 2 is 1.28 bits per heavy atom. The quantitative estimate of drug-likeness (QED) is 0.109. The lowest BCUT2D eigenvalue weighted by molar-refractivity contribution is -0.141. The smallest absolute Gasteiger partial charge is 0.338 e. The van der Waals surface area contributed by atoms with E-state index in [0.29, 0.717) is 28.2 Å². The van der Waals surface area contributed by atoms with Crippen LogP contribution in [0.2, 0.25) is 0 Å². The van der Waals surface area contributed by atoms with Crippen molar-refractivity contribution in [2.45, 2.75) is 27.7 Å². The zero-order valence-corrected chi connectivity index (χ0v) is 29.3. The number of amidine groups is 1. The molecule has 14 heteroatoms. The summed E-state index contributed by atoms with van der Waals surface area (Å²) < 4.78 is 9.43. The Morgan fingerprint density at radius 3 is 1.70 bits per heavy atom. The van der Waals surface area contributed by atoms with Gasteiger partial charge in [0.2, 0.25) is 5.78 Å². The summed E-state index contributed by atoms with van der Waals surface area (Å²) in [7, 11) is 9.12. The fraction of sp³-hybridized carbons (Fsp3) is 0.344. The number of nitrogen functional groups attached to an aromatic ring is 1. The Labute approximate surface area is 277 Å². The molecule has 46 heavy (non-hydrogen) atoms. The molecule has 0 spiro atoms. The van der Waals surface area contributed by atoms with Gasteiger partial charge in [-0.15, -0.1) is 0 Å². The molecule has 13 nitrogen and oxygen atoms in total. The second-order valence-electron chi connectivity index (χ2n) is 10.5. The minimum absolute atomic E-state index is 0.0438. The van der Waals surface area contributed by atoms with Crippen LogP contribution in [-0.2, 0) is 19.1 Å². The molecule has 0 bridgehead atoms. The maximum absolute atomic E-state index is 11.9. The number of alkyl halides is 1. The van der Waals surface area contributed by atoms with Crippen LogP contribution in [0.1, 0.15) is 59.0 Å². The van der Waals surface area contributed by atoms with Gasteiger partial charge in [-0.05, 0) is 62.1 Å². The number of nitrogens with zero attached hydrogens (tertiary/aromatic N) is 3. The summed E-state index contributed by atoms with van der Waals surface area (Å²) in [6.07, 6.45) is 1.49. The van der Waals surface area contributed by atoms with E-state index in [2.05, 4.69) is 30.6 Å². The molecular weight excluding hydrogens is 660 g/mol. The van der Waals surface area contributed by atoms with Crippen molar-refractivity contribution in [3.8, 4) is 11.4 Å². The number of aromatic amines is 1. The molecule has 0 saturated carbocycles. The number of benzene rings is 2. The number of aromatic nitrogens is 2. The highest BCUT2D eigenvalue weighted by atomic mass is 79.9. The van der Waals surface area contributed by atoms with Gasteiger partial charge in [0, 0.05) is 39.3 Å². The van der Waals surface area contributed by atoms with Crippen LogP contribution in [0.3, 0.4) is 0 Å². The molecule has 0 aliphatic carbocycles. The number of Topliss-reactive ketones (excluding diaryl/α,β-unsaturated/α-hetero) is 1. The fourth-order valence-electron chi connectivity index (χ4n) is 4.02. The third kappa shape index (κ3) is 10.4. The molecule has 0 saturated heterocycles. The number of ketones is 1. The number of aryl methyl sites for hydroxylation is 4. The van der Waals surface area contributed by atoms with Crippen molar-refractivity contribution in [3.05, 3.63) is 75.1 Å². The molecule has 248 valence electrons. The van der Waals surface area contributed by atoms with Gasteiger partial charge >= 0.3 is 11.9 Å². The number of ether oxygens (including phenoxy) is 2. The van der Waals surface area contributed by atoms with Gasteiger partial charge in [0.25, 0.3) is 11.8 Å². The SMILES string of the molecule is CN(C)C(=O)C(=O)CBr.COC(=O)c1cc(-c2ncc(C(=O)N(C)C)[nH]2)c(C)cc1C.COC(=O)c1cc(C(=N)N)c(C)cc1C. The third-order valence-corrected chi connectivity index (χ3v) is 6.99. The summed E-state index contributed by atoms with van der Waals surface area (Å²) in [5.41, 5.74) is 11.6. The van der Waals surface area contributed by atoms with Crippen molar-refractivity contribution < 1.29 is 33.4 Å². The van der Waals surface area contributed by atoms with Gasteiger partial charge in [0.1, 0.15) is 17.4 Å². The Balaban J connectivity index is 0.000000381. The summed E-state index contributed by atoms with van der Waals surface area (Å²) in [6.45, 7) is 7.46. The molecule has 2 amide bonds. The van der Waals surface area contributed by atoms with E-state index in [0.717, 1.165) is 27.8 Å². The Morgan fingerprint density at radius 1 is 0.804 bits per heavy atom. The first-order chi connectivity index (χ1) is 21.4. The molecule has 1 aromatic heterocycles. The number of carbonyl (C=O) groups is 5. The molecule has 0 atom stereocenters. The maximum Gasteiger partial charge on any atom is 0.338 e. The number of halogens is 1. The predicted octanol–water partition coefficient (Wildman–Crippen LogP) is 3.59. The summed E-state index contributed by atoms with van der Waals surface area (Å²) in [4.78, 5) is 66.2. The zero-order chi connectivity index (χ0) is 35.5. The lowest BCUT2D eigenvalue weighted by Crippen LogP contribution is -2.30. The van der Waals surface area contributed by atoms with Crippen molar-refractivity contribution in [2.24, 2.45) is 5.73 Å². The summed E-state index contributed by atoms with van der Waals surface area (Å²) in [6, 6.07) is 7.05. The number of amides is 2. The van der Waals surface area contributed by atoms with E-state index >= 15 is 0 Å². The van der Waals surface area contributed by atoms with E-state index in [4.69, 9.17) is 15.9 Å². The largest absolute Gasteiger partial charge is 0.465 e. The zero-order valence-electron chi connectivity index (χ0n) is 27.7. The number of hydrogen-bond donors (Lipinski definition) is 3. The normalized spacial score (nSPS) is 9.89. The van der Waals surface area contributed by atoms with Crippen LogP contribution >= 0.6 is 15.9 Å². The number of esters is 2. The number of nitrogens with one attached hydrogen (secondary N) is 2. The van der Waals surface area contributed by atoms with Gasteiger partial charge in [0.15, 0.2) is 0 Å². The monoisotopic (exact) mass is 700 g/mol. The van der Waals surface area contributed by atoms with Gasteiger partial charge in [-0.2, -0.15) is 0 Å². The third-order valence-electron chi connectivity index (χ3n) is 6.48. The number of carbonyl (C=O) groups excluding carboxylic acids is 5. The molecule has 0 radical (unpaired) electrons. The number of imidazole rings is 1. The topological polar surface area (TPSA) is 189 Å². The van der Waals surface area contributed by atoms with E-state index < -0.39 is 23.6 Å². The second kappa shape index (κ2) is 17.6. The average molecular weight is 702 g/mol. The van der Waals surface area contributed by atoms with Crippen molar-refractivity contribution in [2.75, 3.05) is 47.7 Å². The van der Waals surface area contributed by atoms with Crippen molar-refractivity contribution >= 4 is 51.3 Å². The lowest BCUT2D eigenvalue weighted by atomic mass is 9.99. The average Bonchev–Trinajstić information content (AvgIpc) is 3.49. The highest BCUT2D eigenvalue weighted by molar-refractivity contribution is 9.09. The molecule has 0 aliphatic heterocycles. The Kier molecular flexibility index (Phi) is 15.0. The van der Waals surface area contributed by atoms with E-state index in [1.165, 1.54) is 30.2 Å².